The Morgan fingerprint density at radius 2 is 2.31 bits per heavy atom. The number of hydrogen-bond donors (Lipinski definition) is 1. The van der Waals surface area contributed by atoms with Gasteiger partial charge >= 0.3 is 0 Å². The molecule has 0 radical (unpaired) electrons. The SMILES string of the molecule is O=C(c1cc(F)ccc1Br)N1CCC(O)C1. The fourth-order valence-electron chi connectivity index (χ4n) is 1.76. The van der Waals surface area contributed by atoms with E-state index in [1.165, 1.54) is 23.1 Å². The number of likely N-dealkylation sites (tertiary alicyclic amines) is 1. The maximum atomic E-state index is 13.0. The second-order valence-electron chi connectivity index (χ2n) is 3.82. The lowest BCUT2D eigenvalue weighted by atomic mass is 10.2. The van der Waals surface area contributed by atoms with E-state index in [1.807, 2.05) is 0 Å². The highest BCUT2D eigenvalue weighted by Gasteiger charge is 2.26. The van der Waals surface area contributed by atoms with Crippen LogP contribution >= 0.6 is 15.9 Å². The summed E-state index contributed by atoms with van der Waals surface area (Å²) in [5.41, 5.74) is 0.300. The Hall–Kier alpha value is -0.940. The van der Waals surface area contributed by atoms with Crippen LogP contribution in [0.4, 0.5) is 4.39 Å². The monoisotopic (exact) mass is 287 g/mol. The molecule has 0 aliphatic carbocycles. The number of halogens is 2. The van der Waals surface area contributed by atoms with Crippen molar-refractivity contribution in [3.8, 4) is 0 Å². The molecule has 1 aliphatic rings. The van der Waals surface area contributed by atoms with Crippen LogP contribution in [0, 0.1) is 5.82 Å². The van der Waals surface area contributed by atoms with Gasteiger partial charge in [-0.3, -0.25) is 4.79 Å². The highest BCUT2D eigenvalue weighted by atomic mass is 79.9. The number of benzene rings is 1. The van der Waals surface area contributed by atoms with Crippen molar-refractivity contribution in [2.24, 2.45) is 0 Å². The van der Waals surface area contributed by atoms with Crippen LogP contribution in [-0.4, -0.2) is 35.1 Å². The third-order valence-corrected chi connectivity index (χ3v) is 3.30. The fourth-order valence-corrected chi connectivity index (χ4v) is 2.17. The largest absolute Gasteiger partial charge is 0.391 e. The molecule has 1 aromatic carbocycles. The van der Waals surface area contributed by atoms with E-state index >= 15 is 0 Å². The molecule has 1 N–H and O–H groups in total. The molecule has 86 valence electrons. The van der Waals surface area contributed by atoms with Gasteiger partial charge in [-0.05, 0) is 40.5 Å². The Bertz CT molecular complexity index is 424. The number of β-amino-alcohol motifs (C(OH)–C–C–N with tert-alkyl or cyclic N) is 1. The fraction of sp³-hybridized carbons (Fsp3) is 0.364. The van der Waals surface area contributed by atoms with Crippen molar-refractivity contribution >= 4 is 21.8 Å². The zero-order valence-electron chi connectivity index (χ0n) is 8.49. The average Bonchev–Trinajstić information content (AvgIpc) is 2.67. The lowest BCUT2D eigenvalue weighted by Crippen LogP contribution is -2.29. The minimum absolute atomic E-state index is 0.247. The van der Waals surface area contributed by atoms with Crippen molar-refractivity contribution in [1.82, 2.24) is 4.90 Å². The predicted molar refractivity (Wildman–Crippen MR) is 60.6 cm³/mol. The molecular formula is C11H11BrFNO2. The third-order valence-electron chi connectivity index (χ3n) is 2.61. The third kappa shape index (κ3) is 2.25. The van der Waals surface area contributed by atoms with Crippen molar-refractivity contribution in [2.75, 3.05) is 13.1 Å². The molecule has 3 nitrogen and oxygen atoms in total. The Kier molecular flexibility index (Phi) is 3.25. The standard InChI is InChI=1S/C11H11BrFNO2/c12-10-2-1-7(13)5-9(10)11(16)14-4-3-8(15)6-14/h1-2,5,8,15H,3-4,6H2. The molecule has 0 saturated carbocycles. The molecular weight excluding hydrogens is 277 g/mol. The maximum Gasteiger partial charge on any atom is 0.255 e. The van der Waals surface area contributed by atoms with E-state index < -0.39 is 11.9 Å². The number of carbonyl (C=O) groups excluding carboxylic acids is 1. The van der Waals surface area contributed by atoms with Crippen LogP contribution in [0.2, 0.25) is 0 Å². The summed E-state index contributed by atoms with van der Waals surface area (Å²) < 4.78 is 13.6. The highest BCUT2D eigenvalue weighted by Crippen LogP contribution is 2.21. The van der Waals surface area contributed by atoms with Crippen molar-refractivity contribution < 1.29 is 14.3 Å². The van der Waals surface area contributed by atoms with E-state index in [0.717, 1.165) is 0 Å². The number of nitrogens with zero attached hydrogens (tertiary/aromatic N) is 1. The zero-order valence-corrected chi connectivity index (χ0v) is 10.1. The summed E-state index contributed by atoms with van der Waals surface area (Å²) in [5.74, 6) is -0.686. The van der Waals surface area contributed by atoms with Crippen LogP contribution < -0.4 is 0 Å². The molecule has 1 heterocycles. The second-order valence-corrected chi connectivity index (χ2v) is 4.67. The molecule has 5 heteroatoms. The van der Waals surface area contributed by atoms with E-state index in [9.17, 15) is 14.3 Å². The zero-order chi connectivity index (χ0) is 11.7. The molecule has 1 amide bonds. The molecule has 0 spiro atoms. The smallest absolute Gasteiger partial charge is 0.255 e. The quantitative estimate of drug-likeness (QED) is 0.856. The molecule has 1 aliphatic heterocycles. The van der Waals surface area contributed by atoms with Crippen molar-refractivity contribution in [2.45, 2.75) is 12.5 Å². The van der Waals surface area contributed by atoms with Crippen LogP contribution in [0.1, 0.15) is 16.8 Å². The van der Waals surface area contributed by atoms with Crippen LogP contribution in [0.15, 0.2) is 22.7 Å². The van der Waals surface area contributed by atoms with Crippen molar-refractivity contribution in [1.29, 1.82) is 0 Å². The first-order valence-electron chi connectivity index (χ1n) is 5.00. The number of rotatable bonds is 1. The highest BCUT2D eigenvalue weighted by molar-refractivity contribution is 9.10. The van der Waals surface area contributed by atoms with Gasteiger partial charge in [-0.2, -0.15) is 0 Å². The van der Waals surface area contributed by atoms with Gasteiger partial charge in [0.15, 0.2) is 0 Å². The summed E-state index contributed by atoms with van der Waals surface area (Å²) in [6, 6.07) is 4.01. The minimum Gasteiger partial charge on any atom is -0.391 e. The molecule has 16 heavy (non-hydrogen) atoms. The van der Waals surface area contributed by atoms with Gasteiger partial charge in [0.1, 0.15) is 5.82 Å². The van der Waals surface area contributed by atoms with E-state index in [4.69, 9.17) is 0 Å². The van der Waals surface area contributed by atoms with Gasteiger partial charge in [0.05, 0.1) is 11.7 Å². The predicted octanol–water partition coefficient (Wildman–Crippen LogP) is 1.79. The first-order chi connectivity index (χ1) is 7.58. The summed E-state index contributed by atoms with van der Waals surface area (Å²) in [6.45, 7) is 0.838. The van der Waals surface area contributed by atoms with Gasteiger partial charge in [0, 0.05) is 17.6 Å². The van der Waals surface area contributed by atoms with Crippen LogP contribution in [0.5, 0.6) is 0 Å². The Balaban J connectivity index is 2.23. The molecule has 0 bridgehead atoms. The van der Waals surface area contributed by atoms with Crippen LogP contribution in [0.25, 0.3) is 0 Å². The Labute approximate surface area is 101 Å². The number of aliphatic hydroxyl groups excluding tert-OH is 1. The number of aliphatic hydroxyl groups is 1. The average molecular weight is 288 g/mol. The minimum atomic E-state index is -0.462. The molecule has 1 aromatic rings. The first-order valence-corrected chi connectivity index (χ1v) is 5.79. The normalized spacial score (nSPS) is 20.2. The van der Waals surface area contributed by atoms with E-state index in [0.29, 0.717) is 29.5 Å². The summed E-state index contributed by atoms with van der Waals surface area (Å²) >= 11 is 3.22. The van der Waals surface area contributed by atoms with Crippen LogP contribution in [0.3, 0.4) is 0 Å². The molecule has 0 aromatic heterocycles. The van der Waals surface area contributed by atoms with Gasteiger partial charge in [0.2, 0.25) is 0 Å². The van der Waals surface area contributed by atoms with Crippen molar-refractivity contribution in [3.05, 3.63) is 34.1 Å². The lowest BCUT2D eigenvalue weighted by Gasteiger charge is -2.16. The number of amides is 1. The van der Waals surface area contributed by atoms with E-state index in [-0.39, 0.29) is 5.91 Å². The molecule has 1 fully saturated rings. The van der Waals surface area contributed by atoms with E-state index in [1.54, 1.807) is 0 Å². The summed E-state index contributed by atoms with van der Waals surface area (Å²) in [6.07, 6.45) is 0.120. The van der Waals surface area contributed by atoms with Gasteiger partial charge < -0.3 is 10.0 Å². The Morgan fingerprint density at radius 1 is 1.56 bits per heavy atom. The van der Waals surface area contributed by atoms with Gasteiger partial charge in [-0.15, -0.1) is 0 Å². The van der Waals surface area contributed by atoms with Gasteiger partial charge in [-0.1, -0.05) is 0 Å². The van der Waals surface area contributed by atoms with Crippen LogP contribution in [-0.2, 0) is 0 Å². The molecule has 2 rings (SSSR count). The molecule has 1 atom stereocenters. The van der Waals surface area contributed by atoms with Gasteiger partial charge in [-0.25, -0.2) is 4.39 Å². The summed E-state index contributed by atoms with van der Waals surface area (Å²) in [7, 11) is 0. The first kappa shape index (κ1) is 11.5. The summed E-state index contributed by atoms with van der Waals surface area (Å²) in [5, 5.41) is 9.34. The Morgan fingerprint density at radius 3 is 2.94 bits per heavy atom. The topological polar surface area (TPSA) is 40.5 Å². The number of hydrogen-bond acceptors (Lipinski definition) is 2. The molecule has 1 saturated heterocycles. The van der Waals surface area contributed by atoms with Crippen molar-refractivity contribution in [3.63, 3.8) is 0 Å². The number of carbonyl (C=O) groups is 1. The molecule has 1 unspecified atom stereocenters. The van der Waals surface area contributed by atoms with E-state index in [2.05, 4.69) is 15.9 Å². The van der Waals surface area contributed by atoms with Gasteiger partial charge in [0.25, 0.3) is 5.91 Å². The lowest BCUT2D eigenvalue weighted by molar-refractivity contribution is 0.0763. The summed E-state index contributed by atoms with van der Waals surface area (Å²) in [4.78, 5) is 13.5. The maximum absolute atomic E-state index is 13.0. The second kappa shape index (κ2) is 4.51.